The first-order valence-corrected chi connectivity index (χ1v) is 10.0. The van der Waals surface area contributed by atoms with Crippen LogP contribution in [0.3, 0.4) is 0 Å². The van der Waals surface area contributed by atoms with E-state index in [1.54, 1.807) is 17.8 Å². The number of hydrogen-bond acceptors (Lipinski definition) is 5. The van der Waals surface area contributed by atoms with Crippen molar-refractivity contribution in [3.63, 3.8) is 0 Å². The van der Waals surface area contributed by atoms with Gasteiger partial charge in [-0.3, -0.25) is 14.3 Å². The first-order valence-electron chi connectivity index (χ1n) is 10.0. The van der Waals surface area contributed by atoms with Gasteiger partial charge < -0.3 is 10.6 Å². The predicted octanol–water partition coefficient (Wildman–Crippen LogP) is 2.83. The molecule has 0 saturated heterocycles. The molecule has 0 aliphatic carbocycles. The van der Waals surface area contributed by atoms with E-state index in [1.165, 1.54) is 17.1 Å². The first kappa shape index (κ1) is 20.3. The van der Waals surface area contributed by atoms with Gasteiger partial charge in [0.05, 0.1) is 23.8 Å². The molecular weight excluding hydrogens is 394 g/mol. The zero-order valence-corrected chi connectivity index (χ0v) is 17.6. The van der Waals surface area contributed by atoms with Crippen molar-refractivity contribution in [3.05, 3.63) is 65.7 Å². The summed E-state index contributed by atoms with van der Waals surface area (Å²) in [6, 6.07) is 9.90. The largest absolute Gasteiger partial charge is 0.351 e. The number of nitrogens with zero attached hydrogens (tertiary/aromatic N) is 5. The van der Waals surface area contributed by atoms with Crippen LogP contribution in [0.2, 0.25) is 0 Å². The molecule has 0 unspecified atom stereocenters. The van der Waals surface area contributed by atoms with Gasteiger partial charge in [0.15, 0.2) is 5.65 Å². The summed E-state index contributed by atoms with van der Waals surface area (Å²) >= 11 is 0. The number of anilines is 1. The number of rotatable bonds is 6. The molecule has 3 aromatic heterocycles. The molecule has 4 aromatic rings. The summed E-state index contributed by atoms with van der Waals surface area (Å²) in [5, 5.41) is 14.1. The molecule has 0 spiro atoms. The van der Waals surface area contributed by atoms with Crippen molar-refractivity contribution >= 4 is 23.1 Å². The van der Waals surface area contributed by atoms with Gasteiger partial charge >= 0.3 is 0 Å². The molecule has 158 valence electrons. The minimum atomic E-state index is -0.416. The lowest BCUT2D eigenvalue weighted by molar-refractivity contribution is 0.0945. The fourth-order valence-corrected chi connectivity index (χ4v) is 3.30. The average molecular weight is 417 g/mol. The number of amides is 2. The maximum atomic E-state index is 13.0. The highest BCUT2D eigenvalue weighted by atomic mass is 16.2. The number of benzene rings is 1. The average Bonchev–Trinajstić information content (AvgIpc) is 3.36. The molecule has 9 nitrogen and oxygen atoms in total. The summed E-state index contributed by atoms with van der Waals surface area (Å²) in [4.78, 5) is 29.8. The quantitative estimate of drug-likeness (QED) is 0.502. The first-order chi connectivity index (χ1) is 15.0. The Kier molecular flexibility index (Phi) is 5.48. The molecule has 1 aromatic carbocycles. The van der Waals surface area contributed by atoms with Crippen molar-refractivity contribution in [1.29, 1.82) is 0 Å². The van der Waals surface area contributed by atoms with E-state index in [9.17, 15) is 9.59 Å². The van der Waals surface area contributed by atoms with Gasteiger partial charge in [-0.05, 0) is 19.4 Å². The van der Waals surface area contributed by atoms with E-state index in [4.69, 9.17) is 0 Å². The Morgan fingerprint density at radius 3 is 2.55 bits per heavy atom. The summed E-state index contributed by atoms with van der Waals surface area (Å²) < 4.78 is 3.07. The minimum Gasteiger partial charge on any atom is -0.351 e. The number of carbonyl (C=O) groups is 2. The van der Waals surface area contributed by atoms with E-state index in [0.29, 0.717) is 23.4 Å². The lowest BCUT2D eigenvalue weighted by Gasteiger charge is -2.08. The monoisotopic (exact) mass is 417 g/mol. The molecule has 0 radical (unpaired) electrons. The predicted molar refractivity (Wildman–Crippen MR) is 117 cm³/mol. The summed E-state index contributed by atoms with van der Waals surface area (Å²) in [5.74, 6) is -0.710. The Hall–Kier alpha value is -4.01. The third kappa shape index (κ3) is 3.89. The fraction of sp³-hybridized carbons (Fsp3) is 0.227. The van der Waals surface area contributed by atoms with Crippen LogP contribution in [0.15, 0.2) is 48.9 Å². The third-order valence-electron chi connectivity index (χ3n) is 4.93. The van der Waals surface area contributed by atoms with E-state index in [2.05, 4.69) is 25.8 Å². The van der Waals surface area contributed by atoms with Crippen molar-refractivity contribution in [2.24, 2.45) is 7.05 Å². The van der Waals surface area contributed by atoms with Crippen molar-refractivity contribution in [3.8, 4) is 11.3 Å². The molecule has 0 aliphatic heterocycles. The van der Waals surface area contributed by atoms with Gasteiger partial charge in [0, 0.05) is 25.4 Å². The van der Waals surface area contributed by atoms with Crippen LogP contribution >= 0.6 is 0 Å². The van der Waals surface area contributed by atoms with Crippen LogP contribution in [0, 0.1) is 6.92 Å². The zero-order valence-electron chi connectivity index (χ0n) is 17.6. The fourth-order valence-electron chi connectivity index (χ4n) is 3.30. The van der Waals surface area contributed by atoms with Crippen LogP contribution in [0.1, 0.15) is 39.8 Å². The molecule has 0 fully saturated rings. The van der Waals surface area contributed by atoms with Crippen LogP contribution in [0.4, 0.5) is 5.69 Å². The second-order valence-corrected chi connectivity index (χ2v) is 7.23. The van der Waals surface area contributed by atoms with E-state index in [-0.39, 0.29) is 11.6 Å². The summed E-state index contributed by atoms with van der Waals surface area (Å²) in [5.41, 5.74) is 4.29. The molecule has 4 rings (SSSR count). The number of aryl methyl sites for hydroxylation is 2. The Labute approximate surface area is 179 Å². The summed E-state index contributed by atoms with van der Waals surface area (Å²) in [6.07, 6.45) is 5.39. The molecule has 0 atom stereocenters. The van der Waals surface area contributed by atoms with Crippen molar-refractivity contribution in [1.82, 2.24) is 29.7 Å². The number of aromatic nitrogens is 5. The highest BCUT2D eigenvalue weighted by molar-refractivity contribution is 6.11. The molecule has 2 N–H and O–H groups in total. The molecular formula is C22H23N7O2. The molecule has 31 heavy (non-hydrogen) atoms. The summed E-state index contributed by atoms with van der Waals surface area (Å²) in [6.45, 7) is 4.53. The smallest absolute Gasteiger partial charge is 0.271 e. The molecule has 3 heterocycles. The third-order valence-corrected chi connectivity index (χ3v) is 4.93. The maximum absolute atomic E-state index is 13.0. The molecule has 0 aliphatic rings. The van der Waals surface area contributed by atoms with E-state index in [1.807, 2.05) is 44.2 Å². The topological polar surface area (TPSA) is 106 Å². The number of fused-ring (bicyclic) bond motifs is 1. The van der Waals surface area contributed by atoms with Crippen LogP contribution in [0.5, 0.6) is 0 Å². The molecule has 9 heteroatoms. The second-order valence-electron chi connectivity index (χ2n) is 7.23. The van der Waals surface area contributed by atoms with Gasteiger partial charge in [0.2, 0.25) is 0 Å². The van der Waals surface area contributed by atoms with Crippen molar-refractivity contribution in [2.75, 3.05) is 11.9 Å². The van der Waals surface area contributed by atoms with E-state index in [0.717, 1.165) is 23.2 Å². The number of nitrogens with one attached hydrogen (secondary N) is 2. The normalized spacial score (nSPS) is 10.9. The minimum absolute atomic E-state index is 0.284. The van der Waals surface area contributed by atoms with Crippen LogP contribution in [0.25, 0.3) is 16.9 Å². The van der Waals surface area contributed by atoms with Gasteiger partial charge in [-0.15, -0.1) is 0 Å². The second kappa shape index (κ2) is 8.39. The SMILES string of the molecule is CCCNC(=O)c1c(NC(=O)c2cnn3c(-c4ccc(C)cc4)ccnc23)cnn1C. The van der Waals surface area contributed by atoms with Gasteiger partial charge in [0.1, 0.15) is 11.3 Å². The van der Waals surface area contributed by atoms with Crippen LogP contribution in [-0.2, 0) is 7.05 Å². The molecule has 0 bridgehead atoms. The van der Waals surface area contributed by atoms with Gasteiger partial charge in [-0.1, -0.05) is 36.8 Å². The number of hydrogen-bond donors (Lipinski definition) is 2. The number of carbonyl (C=O) groups excluding carboxylic acids is 2. The Morgan fingerprint density at radius 1 is 1.03 bits per heavy atom. The Morgan fingerprint density at radius 2 is 1.81 bits per heavy atom. The summed E-state index contributed by atoms with van der Waals surface area (Å²) in [7, 11) is 1.65. The van der Waals surface area contributed by atoms with Crippen molar-refractivity contribution in [2.45, 2.75) is 20.3 Å². The lowest BCUT2D eigenvalue weighted by atomic mass is 10.1. The van der Waals surface area contributed by atoms with Crippen LogP contribution in [-0.4, -0.2) is 42.7 Å². The van der Waals surface area contributed by atoms with E-state index >= 15 is 0 Å². The molecule has 2 amide bonds. The van der Waals surface area contributed by atoms with Crippen LogP contribution < -0.4 is 10.6 Å². The van der Waals surface area contributed by atoms with Gasteiger partial charge in [-0.25, -0.2) is 9.50 Å². The van der Waals surface area contributed by atoms with Gasteiger partial charge in [-0.2, -0.15) is 10.2 Å². The van der Waals surface area contributed by atoms with Gasteiger partial charge in [0.25, 0.3) is 11.8 Å². The highest BCUT2D eigenvalue weighted by Gasteiger charge is 2.21. The highest BCUT2D eigenvalue weighted by Crippen LogP contribution is 2.22. The van der Waals surface area contributed by atoms with Crippen molar-refractivity contribution < 1.29 is 9.59 Å². The molecule has 0 saturated carbocycles. The maximum Gasteiger partial charge on any atom is 0.271 e. The Balaban J connectivity index is 1.65. The zero-order chi connectivity index (χ0) is 22.0. The Bertz CT molecular complexity index is 1250. The van der Waals surface area contributed by atoms with E-state index < -0.39 is 5.91 Å². The lowest BCUT2D eigenvalue weighted by Crippen LogP contribution is -2.27. The standard InChI is InChI=1S/C22H23N7O2/c1-4-10-24-22(31)19-17(13-25-28(19)3)27-21(30)16-12-26-29-18(9-11-23-20(16)29)15-7-5-14(2)6-8-15/h5-9,11-13H,4,10H2,1-3H3,(H,24,31)(H,27,30).